The molecule has 9 heteroatoms. The summed E-state index contributed by atoms with van der Waals surface area (Å²) in [5, 5.41) is 4.75. The van der Waals surface area contributed by atoms with Crippen LogP contribution in [0.5, 0.6) is 0 Å². The van der Waals surface area contributed by atoms with Crippen LogP contribution in [0.1, 0.15) is 24.8 Å². The molecule has 0 aliphatic carbocycles. The third-order valence-electron chi connectivity index (χ3n) is 3.93. The highest BCUT2D eigenvalue weighted by Gasteiger charge is 2.31. The quantitative estimate of drug-likeness (QED) is 0.748. The Hall–Kier alpha value is -2.29. The average molecular weight is 358 g/mol. The summed E-state index contributed by atoms with van der Waals surface area (Å²) in [7, 11) is 0. The lowest BCUT2D eigenvalue weighted by Crippen LogP contribution is -2.37. The molecule has 6 nitrogen and oxygen atoms in total. The second-order valence-corrected chi connectivity index (χ2v) is 5.81. The predicted molar refractivity (Wildman–Crippen MR) is 88.2 cm³/mol. The van der Waals surface area contributed by atoms with E-state index in [2.05, 4.69) is 10.6 Å². The van der Waals surface area contributed by atoms with Crippen molar-refractivity contribution in [3.63, 3.8) is 0 Å². The monoisotopic (exact) mass is 358 g/mol. The molecule has 2 amide bonds. The molecule has 0 aromatic heterocycles. The van der Waals surface area contributed by atoms with Crippen LogP contribution in [0.2, 0.25) is 0 Å². The Morgan fingerprint density at radius 2 is 1.80 bits per heavy atom. The molecule has 0 unspecified atom stereocenters. The molecule has 1 aliphatic heterocycles. The van der Waals surface area contributed by atoms with Crippen molar-refractivity contribution in [3.05, 3.63) is 23.8 Å². The van der Waals surface area contributed by atoms with E-state index < -0.39 is 23.6 Å². The molecule has 1 aromatic rings. The smallest absolute Gasteiger partial charge is 0.370 e. The number of carbonyl (C=O) groups excluding carboxylic acids is 2. The van der Waals surface area contributed by atoms with Crippen molar-refractivity contribution in [3.8, 4) is 0 Å². The maximum Gasteiger partial charge on any atom is 0.416 e. The van der Waals surface area contributed by atoms with Crippen LogP contribution in [0, 0.1) is 0 Å². The van der Waals surface area contributed by atoms with Crippen molar-refractivity contribution in [2.24, 2.45) is 5.73 Å². The molecular weight excluding hydrogens is 337 g/mol. The Morgan fingerprint density at radius 1 is 1.12 bits per heavy atom. The van der Waals surface area contributed by atoms with Crippen molar-refractivity contribution in [2.75, 3.05) is 36.4 Å². The highest BCUT2D eigenvalue weighted by Crippen LogP contribution is 2.36. The summed E-state index contributed by atoms with van der Waals surface area (Å²) in [4.78, 5) is 25.0. The van der Waals surface area contributed by atoms with Crippen LogP contribution in [-0.4, -0.2) is 38.0 Å². The average Bonchev–Trinajstić information content (AvgIpc) is 2.59. The van der Waals surface area contributed by atoms with Crippen LogP contribution in [0.15, 0.2) is 18.2 Å². The number of nitrogens with zero attached hydrogens (tertiary/aromatic N) is 1. The summed E-state index contributed by atoms with van der Waals surface area (Å²) in [5.41, 5.74) is 4.92. The molecule has 138 valence electrons. The number of rotatable bonds is 5. The first-order chi connectivity index (χ1) is 11.8. The van der Waals surface area contributed by atoms with Gasteiger partial charge in [-0.3, -0.25) is 9.59 Å². The summed E-state index contributed by atoms with van der Waals surface area (Å²) in [6.45, 7) is 0.817. The van der Waals surface area contributed by atoms with Crippen molar-refractivity contribution in [1.29, 1.82) is 0 Å². The summed E-state index contributed by atoms with van der Waals surface area (Å²) in [5.74, 6) is -1.13. The Kier molecular flexibility index (Phi) is 6.24. The highest BCUT2D eigenvalue weighted by molar-refractivity contribution is 5.97. The fourth-order valence-electron chi connectivity index (χ4n) is 2.67. The number of alkyl halides is 3. The summed E-state index contributed by atoms with van der Waals surface area (Å²) in [6, 6.07) is 3.31. The van der Waals surface area contributed by atoms with E-state index in [0.717, 1.165) is 44.5 Å². The number of halogens is 3. The van der Waals surface area contributed by atoms with Gasteiger partial charge in [-0.05, 0) is 37.5 Å². The van der Waals surface area contributed by atoms with Crippen LogP contribution in [-0.2, 0) is 15.8 Å². The van der Waals surface area contributed by atoms with Crippen molar-refractivity contribution >= 4 is 23.2 Å². The summed E-state index contributed by atoms with van der Waals surface area (Å²) < 4.78 is 38.9. The van der Waals surface area contributed by atoms with Gasteiger partial charge in [-0.25, -0.2) is 0 Å². The van der Waals surface area contributed by atoms with E-state index >= 15 is 0 Å². The molecule has 25 heavy (non-hydrogen) atoms. The molecule has 1 saturated heterocycles. The first-order valence-electron chi connectivity index (χ1n) is 8.04. The van der Waals surface area contributed by atoms with Crippen LogP contribution < -0.4 is 21.3 Å². The lowest BCUT2D eigenvalue weighted by molar-refractivity contribution is -0.137. The van der Waals surface area contributed by atoms with Crippen molar-refractivity contribution < 1.29 is 22.8 Å². The van der Waals surface area contributed by atoms with E-state index in [0.29, 0.717) is 5.69 Å². The van der Waals surface area contributed by atoms with E-state index in [1.54, 1.807) is 0 Å². The van der Waals surface area contributed by atoms with Gasteiger partial charge >= 0.3 is 6.18 Å². The van der Waals surface area contributed by atoms with Gasteiger partial charge in [-0.1, -0.05) is 0 Å². The van der Waals surface area contributed by atoms with Gasteiger partial charge in [0.05, 0.1) is 30.0 Å². The number of hydrogen-bond donors (Lipinski definition) is 3. The molecule has 4 N–H and O–H groups in total. The van der Waals surface area contributed by atoms with Crippen molar-refractivity contribution in [2.45, 2.75) is 25.4 Å². The molecule has 1 heterocycles. The topological polar surface area (TPSA) is 87.5 Å². The molecule has 0 bridgehead atoms. The van der Waals surface area contributed by atoms with E-state index in [4.69, 9.17) is 5.73 Å². The first-order valence-corrected chi connectivity index (χ1v) is 8.04. The van der Waals surface area contributed by atoms with Crippen LogP contribution in [0.4, 0.5) is 24.5 Å². The van der Waals surface area contributed by atoms with Crippen LogP contribution >= 0.6 is 0 Å². The van der Waals surface area contributed by atoms with Gasteiger partial charge in [0.2, 0.25) is 11.8 Å². The zero-order chi connectivity index (χ0) is 18.4. The summed E-state index contributed by atoms with van der Waals surface area (Å²) in [6.07, 6.45) is -1.54. The second kappa shape index (κ2) is 8.19. The maximum atomic E-state index is 13.0. The van der Waals surface area contributed by atoms with Gasteiger partial charge in [-0.15, -0.1) is 0 Å². The van der Waals surface area contributed by atoms with Gasteiger partial charge in [0, 0.05) is 13.1 Å². The third-order valence-corrected chi connectivity index (χ3v) is 3.93. The Balaban J connectivity index is 2.21. The molecule has 1 aliphatic rings. The highest BCUT2D eigenvalue weighted by atomic mass is 19.4. The Morgan fingerprint density at radius 3 is 2.40 bits per heavy atom. The number of nitrogens with two attached hydrogens (primary N) is 1. The minimum absolute atomic E-state index is 0.0868. The van der Waals surface area contributed by atoms with E-state index in [-0.39, 0.29) is 18.8 Å². The SMILES string of the molecule is NCC(=O)NCC(=O)Nc1cc(C(F)(F)F)ccc1N1CCCCC1. The predicted octanol–water partition coefficient (Wildman–Crippen LogP) is 1.71. The zero-order valence-corrected chi connectivity index (χ0v) is 13.7. The number of amides is 2. The molecule has 1 aromatic carbocycles. The van der Waals surface area contributed by atoms with Gasteiger partial charge in [0.15, 0.2) is 0 Å². The largest absolute Gasteiger partial charge is 0.416 e. The molecular formula is C16H21F3N4O2. The van der Waals surface area contributed by atoms with Crippen LogP contribution in [0.25, 0.3) is 0 Å². The molecule has 2 rings (SSSR count). The number of benzene rings is 1. The number of carbonyl (C=O) groups is 2. The van der Waals surface area contributed by atoms with E-state index in [1.807, 2.05) is 4.90 Å². The van der Waals surface area contributed by atoms with Gasteiger partial charge in [0.25, 0.3) is 0 Å². The number of anilines is 2. The number of hydrogen-bond acceptors (Lipinski definition) is 4. The fraction of sp³-hybridized carbons (Fsp3) is 0.500. The molecule has 0 radical (unpaired) electrons. The minimum atomic E-state index is -4.51. The lowest BCUT2D eigenvalue weighted by Gasteiger charge is -2.31. The first kappa shape index (κ1) is 19.0. The molecule has 1 fully saturated rings. The van der Waals surface area contributed by atoms with Crippen molar-refractivity contribution in [1.82, 2.24) is 5.32 Å². The lowest BCUT2D eigenvalue weighted by atomic mass is 10.1. The van der Waals surface area contributed by atoms with Crippen LogP contribution in [0.3, 0.4) is 0 Å². The van der Waals surface area contributed by atoms with Gasteiger partial charge in [0.1, 0.15) is 0 Å². The van der Waals surface area contributed by atoms with Gasteiger partial charge in [-0.2, -0.15) is 13.2 Å². The Bertz CT molecular complexity index is 628. The number of nitrogens with one attached hydrogen (secondary N) is 2. The second-order valence-electron chi connectivity index (χ2n) is 5.81. The normalized spacial score (nSPS) is 15.0. The van der Waals surface area contributed by atoms with E-state index in [9.17, 15) is 22.8 Å². The minimum Gasteiger partial charge on any atom is -0.370 e. The molecule has 0 spiro atoms. The van der Waals surface area contributed by atoms with Gasteiger partial charge < -0.3 is 21.3 Å². The molecule has 0 saturated carbocycles. The Labute approximate surface area is 143 Å². The molecule has 0 atom stereocenters. The maximum absolute atomic E-state index is 13.0. The standard InChI is InChI=1S/C16H21F3N4O2/c17-16(18,19)11-4-5-13(23-6-2-1-3-7-23)12(8-11)22-15(25)10-21-14(24)9-20/h4-5,8H,1-3,6-7,9-10,20H2,(H,21,24)(H,22,25). The number of piperidine rings is 1. The summed E-state index contributed by atoms with van der Waals surface area (Å²) >= 11 is 0. The third kappa shape index (κ3) is 5.35. The van der Waals surface area contributed by atoms with E-state index in [1.165, 1.54) is 6.07 Å². The fourth-order valence-corrected chi connectivity index (χ4v) is 2.67. The zero-order valence-electron chi connectivity index (χ0n) is 13.7.